The number of hydrogen-bond donors (Lipinski definition) is 2. The average Bonchev–Trinajstić information content (AvgIpc) is 2.58. The molecule has 0 spiro atoms. The summed E-state index contributed by atoms with van der Waals surface area (Å²) in [5, 5.41) is 12.6. The van der Waals surface area contributed by atoms with Crippen molar-refractivity contribution in [3.63, 3.8) is 0 Å². The van der Waals surface area contributed by atoms with Gasteiger partial charge in [0, 0.05) is 5.69 Å². The van der Waals surface area contributed by atoms with Crippen molar-refractivity contribution in [1.29, 1.82) is 5.26 Å². The highest BCUT2D eigenvalue weighted by Crippen LogP contribution is 2.36. The standard InChI is InChI=1S/C19H17N3OS/c1-12-8-9-15(10-13(12)2)22-17(14-6-4-3-5-7-14)21-18(23)16(11-20)19(22)24/h3-10,17,24H,1-2H3,(H,21,23). The highest BCUT2D eigenvalue weighted by molar-refractivity contribution is 7.84. The molecule has 1 aliphatic heterocycles. The van der Waals surface area contributed by atoms with Crippen LogP contribution in [-0.2, 0) is 4.79 Å². The van der Waals surface area contributed by atoms with E-state index in [0.717, 1.165) is 16.8 Å². The lowest BCUT2D eigenvalue weighted by molar-refractivity contribution is -0.118. The van der Waals surface area contributed by atoms with Crippen LogP contribution in [0.5, 0.6) is 0 Å². The fourth-order valence-corrected chi connectivity index (χ4v) is 3.10. The van der Waals surface area contributed by atoms with Gasteiger partial charge in [-0.15, -0.1) is 12.6 Å². The molecule has 0 aliphatic carbocycles. The lowest BCUT2D eigenvalue weighted by atomic mass is 10.0. The summed E-state index contributed by atoms with van der Waals surface area (Å²) in [6, 6.07) is 17.6. The van der Waals surface area contributed by atoms with E-state index in [1.54, 1.807) is 0 Å². The normalized spacial score (nSPS) is 17.5. The second-order valence-corrected chi connectivity index (χ2v) is 6.16. The zero-order chi connectivity index (χ0) is 17.3. The van der Waals surface area contributed by atoms with E-state index in [1.165, 1.54) is 5.56 Å². The van der Waals surface area contributed by atoms with Crippen LogP contribution in [0.1, 0.15) is 22.9 Å². The molecule has 5 heteroatoms. The van der Waals surface area contributed by atoms with Crippen molar-refractivity contribution in [2.75, 3.05) is 4.90 Å². The fourth-order valence-electron chi connectivity index (χ4n) is 2.72. The van der Waals surface area contributed by atoms with Crippen LogP contribution < -0.4 is 10.2 Å². The van der Waals surface area contributed by atoms with E-state index < -0.39 is 12.1 Å². The number of nitrogens with zero attached hydrogens (tertiary/aromatic N) is 2. The van der Waals surface area contributed by atoms with Crippen LogP contribution in [0.2, 0.25) is 0 Å². The SMILES string of the molecule is Cc1ccc(N2C(S)=C(C#N)C(=O)NC2c2ccccc2)cc1C. The maximum Gasteiger partial charge on any atom is 0.266 e. The Balaban J connectivity index is 2.18. The molecule has 2 aromatic carbocycles. The number of nitriles is 1. The van der Waals surface area contributed by atoms with Crippen molar-refractivity contribution < 1.29 is 4.79 Å². The Morgan fingerprint density at radius 2 is 1.83 bits per heavy atom. The van der Waals surface area contributed by atoms with E-state index in [2.05, 4.69) is 17.9 Å². The van der Waals surface area contributed by atoms with Crippen LogP contribution in [0.3, 0.4) is 0 Å². The molecule has 2 aromatic rings. The van der Waals surface area contributed by atoms with Gasteiger partial charge >= 0.3 is 0 Å². The highest BCUT2D eigenvalue weighted by Gasteiger charge is 2.33. The number of anilines is 1. The molecule has 120 valence electrons. The number of nitrogens with one attached hydrogen (secondary N) is 1. The minimum absolute atomic E-state index is 0.0174. The molecule has 0 bridgehead atoms. The lowest BCUT2D eigenvalue weighted by Crippen LogP contribution is -2.46. The first-order valence-corrected chi connectivity index (χ1v) is 8.03. The predicted molar refractivity (Wildman–Crippen MR) is 97.3 cm³/mol. The zero-order valence-corrected chi connectivity index (χ0v) is 14.3. The smallest absolute Gasteiger partial charge is 0.266 e. The molecular formula is C19H17N3OS. The number of amides is 1. The monoisotopic (exact) mass is 335 g/mol. The quantitative estimate of drug-likeness (QED) is 0.825. The molecular weight excluding hydrogens is 318 g/mol. The molecule has 3 rings (SSSR count). The van der Waals surface area contributed by atoms with Gasteiger partial charge < -0.3 is 10.2 Å². The summed E-state index contributed by atoms with van der Waals surface area (Å²) in [4.78, 5) is 14.1. The van der Waals surface area contributed by atoms with Crippen molar-refractivity contribution >= 4 is 24.2 Å². The second-order valence-electron chi connectivity index (χ2n) is 5.74. The molecule has 1 heterocycles. The molecule has 1 aliphatic rings. The first-order valence-electron chi connectivity index (χ1n) is 7.58. The Hall–Kier alpha value is -2.71. The molecule has 1 unspecified atom stereocenters. The van der Waals surface area contributed by atoms with Gasteiger partial charge in [-0.25, -0.2) is 0 Å². The van der Waals surface area contributed by atoms with E-state index in [1.807, 2.05) is 73.3 Å². The van der Waals surface area contributed by atoms with Crippen molar-refractivity contribution in [2.24, 2.45) is 0 Å². The first-order chi connectivity index (χ1) is 11.5. The number of benzene rings is 2. The molecule has 1 N–H and O–H groups in total. The Labute approximate surface area is 146 Å². The summed E-state index contributed by atoms with van der Waals surface area (Å²) in [5.41, 5.74) is 4.14. The van der Waals surface area contributed by atoms with Crippen LogP contribution in [0.4, 0.5) is 5.69 Å². The summed E-state index contributed by atoms with van der Waals surface area (Å²) in [5.74, 6) is -0.406. The number of carbonyl (C=O) groups is 1. The lowest BCUT2D eigenvalue weighted by Gasteiger charge is -2.38. The van der Waals surface area contributed by atoms with Crippen LogP contribution in [-0.4, -0.2) is 5.91 Å². The molecule has 0 saturated carbocycles. The topological polar surface area (TPSA) is 56.1 Å². The average molecular weight is 335 g/mol. The van der Waals surface area contributed by atoms with E-state index >= 15 is 0 Å². The van der Waals surface area contributed by atoms with E-state index in [-0.39, 0.29) is 5.57 Å². The van der Waals surface area contributed by atoms with Gasteiger partial charge in [-0.3, -0.25) is 4.79 Å². The van der Waals surface area contributed by atoms with Gasteiger partial charge in [0.1, 0.15) is 17.8 Å². The van der Waals surface area contributed by atoms with Crippen molar-refractivity contribution in [3.05, 3.63) is 75.8 Å². The molecule has 4 nitrogen and oxygen atoms in total. The Kier molecular flexibility index (Phi) is 4.32. The Morgan fingerprint density at radius 1 is 1.12 bits per heavy atom. The largest absolute Gasteiger partial charge is 0.327 e. The molecule has 0 saturated heterocycles. The third-order valence-electron chi connectivity index (χ3n) is 4.20. The first kappa shape index (κ1) is 16.2. The maximum atomic E-state index is 12.3. The van der Waals surface area contributed by atoms with Crippen LogP contribution in [0.15, 0.2) is 59.1 Å². The van der Waals surface area contributed by atoms with Gasteiger partial charge in [0.05, 0.1) is 5.03 Å². The molecule has 0 radical (unpaired) electrons. The molecule has 24 heavy (non-hydrogen) atoms. The second kappa shape index (κ2) is 6.42. The fraction of sp³-hybridized carbons (Fsp3) is 0.158. The van der Waals surface area contributed by atoms with Crippen molar-refractivity contribution in [2.45, 2.75) is 20.0 Å². The minimum atomic E-state index is -0.412. The number of aryl methyl sites for hydroxylation is 2. The summed E-state index contributed by atoms with van der Waals surface area (Å²) in [7, 11) is 0. The number of hydrogen-bond acceptors (Lipinski definition) is 4. The summed E-state index contributed by atoms with van der Waals surface area (Å²) < 4.78 is 0. The maximum absolute atomic E-state index is 12.3. The van der Waals surface area contributed by atoms with Gasteiger partial charge in [-0.05, 0) is 42.7 Å². The third kappa shape index (κ3) is 2.77. The van der Waals surface area contributed by atoms with Gasteiger partial charge in [0.15, 0.2) is 0 Å². The van der Waals surface area contributed by atoms with Crippen LogP contribution in [0.25, 0.3) is 0 Å². The van der Waals surface area contributed by atoms with Crippen molar-refractivity contribution in [1.82, 2.24) is 5.32 Å². The number of carbonyl (C=O) groups excluding carboxylic acids is 1. The predicted octanol–water partition coefficient (Wildman–Crippen LogP) is 3.60. The van der Waals surface area contributed by atoms with E-state index in [0.29, 0.717) is 5.03 Å². The van der Waals surface area contributed by atoms with Crippen LogP contribution >= 0.6 is 12.6 Å². The van der Waals surface area contributed by atoms with Crippen LogP contribution in [0, 0.1) is 25.2 Å². The van der Waals surface area contributed by atoms with E-state index in [9.17, 15) is 10.1 Å². The summed E-state index contributed by atoms with van der Waals surface area (Å²) in [6.45, 7) is 4.08. The highest BCUT2D eigenvalue weighted by atomic mass is 32.1. The molecule has 0 fully saturated rings. The van der Waals surface area contributed by atoms with Crippen molar-refractivity contribution in [3.8, 4) is 6.07 Å². The molecule has 0 aromatic heterocycles. The van der Waals surface area contributed by atoms with Gasteiger partial charge in [-0.2, -0.15) is 5.26 Å². The van der Waals surface area contributed by atoms with E-state index in [4.69, 9.17) is 0 Å². The minimum Gasteiger partial charge on any atom is -0.327 e. The summed E-state index contributed by atoms with van der Waals surface area (Å²) >= 11 is 4.49. The third-order valence-corrected chi connectivity index (χ3v) is 4.64. The molecule has 1 amide bonds. The van der Waals surface area contributed by atoms with Gasteiger partial charge in [0.25, 0.3) is 5.91 Å². The Morgan fingerprint density at radius 3 is 2.46 bits per heavy atom. The zero-order valence-electron chi connectivity index (χ0n) is 13.4. The summed E-state index contributed by atoms with van der Waals surface area (Å²) in [6.07, 6.45) is -0.412. The number of rotatable bonds is 2. The number of thiol groups is 1. The molecule has 1 atom stereocenters. The Bertz CT molecular complexity index is 868. The van der Waals surface area contributed by atoms with Gasteiger partial charge in [-0.1, -0.05) is 36.4 Å². The van der Waals surface area contributed by atoms with Gasteiger partial charge in [0.2, 0.25) is 0 Å².